The van der Waals surface area contributed by atoms with Gasteiger partial charge in [-0.05, 0) is 18.1 Å². The zero-order valence-corrected chi connectivity index (χ0v) is 10.2. The normalized spacial score (nSPS) is 13.7. The topological polar surface area (TPSA) is 79.3 Å². The minimum atomic E-state index is -1.12. The third-order valence-electron chi connectivity index (χ3n) is 2.71. The molecule has 0 aliphatic rings. The third kappa shape index (κ3) is 3.51. The second-order valence-electron chi connectivity index (χ2n) is 4.02. The molecule has 2 N–H and O–H groups in total. The maximum atomic E-state index is 12.8. The largest absolute Gasteiger partial charge is 0.480 e. The van der Waals surface area contributed by atoms with Crippen molar-refractivity contribution in [1.82, 2.24) is 10.3 Å². The van der Waals surface area contributed by atoms with Crippen LogP contribution in [0.5, 0.6) is 0 Å². The van der Waals surface area contributed by atoms with E-state index in [4.69, 9.17) is 5.11 Å². The number of hydrogen-bond acceptors (Lipinski definition) is 3. The van der Waals surface area contributed by atoms with Crippen LogP contribution in [-0.2, 0) is 4.79 Å². The second kappa shape index (κ2) is 6.09. The first-order chi connectivity index (χ1) is 8.45. The highest BCUT2D eigenvalue weighted by molar-refractivity contribution is 5.94. The highest BCUT2D eigenvalue weighted by Crippen LogP contribution is 2.09. The van der Waals surface area contributed by atoms with Crippen molar-refractivity contribution in [2.24, 2.45) is 5.92 Å². The van der Waals surface area contributed by atoms with Crippen LogP contribution in [0.3, 0.4) is 0 Å². The number of rotatable bonds is 5. The van der Waals surface area contributed by atoms with E-state index < -0.39 is 23.9 Å². The molecule has 1 heterocycles. The molecular weight excluding hydrogens is 239 g/mol. The van der Waals surface area contributed by atoms with Gasteiger partial charge in [0.1, 0.15) is 11.7 Å². The Bertz CT molecular complexity index is 451. The quantitative estimate of drug-likeness (QED) is 0.779. The summed E-state index contributed by atoms with van der Waals surface area (Å²) in [6, 6.07) is 2.78. The van der Waals surface area contributed by atoms with Crippen molar-refractivity contribution in [3.63, 3.8) is 0 Å². The van der Waals surface area contributed by atoms with Crippen LogP contribution in [0.4, 0.5) is 4.39 Å². The highest BCUT2D eigenvalue weighted by Gasteiger charge is 2.26. The van der Waals surface area contributed by atoms with Crippen molar-refractivity contribution < 1.29 is 19.1 Å². The van der Waals surface area contributed by atoms with E-state index >= 15 is 0 Å². The number of nitrogens with one attached hydrogen (secondary N) is 1. The van der Waals surface area contributed by atoms with Crippen LogP contribution in [0, 0.1) is 11.9 Å². The third-order valence-corrected chi connectivity index (χ3v) is 2.71. The number of pyridine rings is 1. The van der Waals surface area contributed by atoms with Crippen molar-refractivity contribution >= 4 is 11.9 Å². The van der Waals surface area contributed by atoms with Gasteiger partial charge >= 0.3 is 5.97 Å². The molecule has 98 valence electrons. The van der Waals surface area contributed by atoms with E-state index in [1.165, 1.54) is 12.1 Å². The lowest BCUT2D eigenvalue weighted by Crippen LogP contribution is -2.45. The molecule has 0 fully saturated rings. The molecule has 1 aromatic rings. The van der Waals surface area contributed by atoms with Crippen molar-refractivity contribution in [3.8, 4) is 0 Å². The number of carbonyl (C=O) groups excluding carboxylic acids is 1. The zero-order chi connectivity index (χ0) is 13.7. The lowest BCUT2D eigenvalue weighted by atomic mass is 9.99. The summed E-state index contributed by atoms with van der Waals surface area (Å²) in [5.41, 5.74) is -0.135. The Labute approximate surface area is 104 Å². The van der Waals surface area contributed by atoms with E-state index in [-0.39, 0.29) is 11.6 Å². The molecule has 0 radical (unpaired) electrons. The SMILES string of the molecule is CCC(C)[C@H](NC(=O)c1cccc(F)n1)C(=O)O. The predicted octanol–water partition coefficient (Wildman–Crippen LogP) is 1.45. The molecule has 0 aromatic carbocycles. The average Bonchev–Trinajstić information content (AvgIpc) is 2.34. The number of carboxylic acid groups (broad SMARTS) is 1. The fraction of sp³-hybridized carbons (Fsp3) is 0.417. The molecule has 18 heavy (non-hydrogen) atoms. The Morgan fingerprint density at radius 3 is 2.67 bits per heavy atom. The van der Waals surface area contributed by atoms with Crippen molar-refractivity contribution in [1.29, 1.82) is 0 Å². The number of halogens is 1. The maximum Gasteiger partial charge on any atom is 0.326 e. The zero-order valence-electron chi connectivity index (χ0n) is 10.2. The molecule has 0 bridgehead atoms. The molecule has 1 rings (SSSR count). The number of carboxylic acids is 1. The Kier molecular flexibility index (Phi) is 4.76. The molecule has 0 spiro atoms. The number of aromatic nitrogens is 1. The molecule has 5 nitrogen and oxygen atoms in total. The summed E-state index contributed by atoms with van der Waals surface area (Å²) in [4.78, 5) is 26.2. The summed E-state index contributed by atoms with van der Waals surface area (Å²) >= 11 is 0. The van der Waals surface area contributed by atoms with Crippen LogP contribution >= 0.6 is 0 Å². The minimum absolute atomic E-state index is 0.135. The van der Waals surface area contributed by atoms with Gasteiger partial charge in [-0.3, -0.25) is 4.79 Å². The van der Waals surface area contributed by atoms with Gasteiger partial charge in [-0.25, -0.2) is 9.78 Å². The van der Waals surface area contributed by atoms with Crippen LogP contribution in [0.15, 0.2) is 18.2 Å². The minimum Gasteiger partial charge on any atom is -0.480 e. The second-order valence-corrected chi connectivity index (χ2v) is 4.02. The van der Waals surface area contributed by atoms with Gasteiger partial charge < -0.3 is 10.4 Å². The van der Waals surface area contributed by atoms with Gasteiger partial charge in [0, 0.05) is 0 Å². The Balaban J connectivity index is 2.82. The summed E-state index contributed by atoms with van der Waals surface area (Å²) in [5.74, 6) is -2.81. The van der Waals surface area contributed by atoms with Gasteiger partial charge in [-0.15, -0.1) is 0 Å². The van der Waals surface area contributed by atoms with Crippen molar-refractivity contribution in [2.45, 2.75) is 26.3 Å². The lowest BCUT2D eigenvalue weighted by molar-refractivity contribution is -0.140. The van der Waals surface area contributed by atoms with Crippen LogP contribution in [0.1, 0.15) is 30.8 Å². The monoisotopic (exact) mass is 254 g/mol. The van der Waals surface area contributed by atoms with Crippen LogP contribution in [0.2, 0.25) is 0 Å². The number of aliphatic carboxylic acids is 1. The van der Waals surface area contributed by atoms with Gasteiger partial charge in [0.15, 0.2) is 0 Å². The van der Waals surface area contributed by atoms with E-state index in [1.807, 2.05) is 6.92 Å². The van der Waals surface area contributed by atoms with Crippen LogP contribution < -0.4 is 5.32 Å². The first-order valence-electron chi connectivity index (χ1n) is 5.62. The van der Waals surface area contributed by atoms with Crippen LogP contribution in [-0.4, -0.2) is 28.0 Å². The Morgan fingerprint density at radius 2 is 2.17 bits per heavy atom. The molecule has 1 aromatic heterocycles. The fourth-order valence-electron chi connectivity index (χ4n) is 1.43. The predicted molar refractivity (Wildman–Crippen MR) is 62.5 cm³/mol. The molecule has 0 saturated heterocycles. The van der Waals surface area contributed by atoms with Gasteiger partial charge in [0.25, 0.3) is 5.91 Å². The molecule has 0 saturated carbocycles. The van der Waals surface area contributed by atoms with Crippen molar-refractivity contribution in [3.05, 3.63) is 29.8 Å². The van der Waals surface area contributed by atoms with E-state index in [0.717, 1.165) is 6.07 Å². The number of amides is 1. The van der Waals surface area contributed by atoms with Crippen molar-refractivity contribution in [2.75, 3.05) is 0 Å². The van der Waals surface area contributed by atoms with E-state index in [1.54, 1.807) is 6.92 Å². The number of carbonyl (C=O) groups is 2. The molecule has 0 aliphatic heterocycles. The summed E-state index contributed by atoms with van der Waals surface area (Å²) in [5, 5.41) is 11.4. The standard InChI is InChI=1S/C12H15FN2O3/c1-3-7(2)10(12(17)18)15-11(16)8-5-4-6-9(13)14-8/h4-7,10H,3H2,1-2H3,(H,15,16)(H,17,18)/t7?,10-/m0/s1. The van der Waals surface area contributed by atoms with Gasteiger partial charge in [0.05, 0.1) is 0 Å². The van der Waals surface area contributed by atoms with E-state index in [2.05, 4.69) is 10.3 Å². The molecule has 0 aliphatic carbocycles. The first-order valence-corrected chi connectivity index (χ1v) is 5.62. The fourth-order valence-corrected chi connectivity index (χ4v) is 1.43. The summed E-state index contributed by atoms with van der Waals surface area (Å²) in [6.45, 7) is 3.55. The van der Waals surface area contributed by atoms with Gasteiger partial charge in [0.2, 0.25) is 5.95 Å². The Morgan fingerprint density at radius 1 is 1.50 bits per heavy atom. The summed E-state index contributed by atoms with van der Waals surface area (Å²) in [6.07, 6.45) is 0.605. The van der Waals surface area contributed by atoms with E-state index in [0.29, 0.717) is 6.42 Å². The molecule has 6 heteroatoms. The Hall–Kier alpha value is -1.98. The number of hydrogen-bond donors (Lipinski definition) is 2. The van der Waals surface area contributed by atoms with Gasteiger partial charge in [-0.1, -0.05) is 26.3 Å². The molecule has 1 amide bonds. The highest BCUT2D eigenvalue weighted by atomic mass is 19.1. The molecular formula is C12H15FN2O3. The molecule has 1 unspecified atom stereocenters. The van der Waals surface area contributed by atoms with Gasteiger partial charge in [-0.2, -0.15) is 4.39 Å². The first kappa shape index (κ1) is 14.1. The summed E-state index contributed by atoms with van der Waals surface area (Å²) in [7, 11) is 0. The van der Waals surface area contributed by atoms with Crippen LogP contribution in [0.25, 0.3) is 0 Å². The van der Waals surface area contributed by atoms with E-state index in [9.17, 15) is 14.0 Å². The summed E-state index contributed by atoms with van der Waals surface area (Å²) < 4.78 is 12.8. The number of nitrogens with zero attached hydrogens (tertiary/aromatic N) is 1. The smallest absolute Gasteiger partial charge is 0.326 e. The average molecular weight is 254 g/mol. The maximum absolute atomic E-state index is 12.8. The lowest BCUT2D eigenvalue weighted by Gasteiger charge is -2.19. The molecule has 2 atom stereocenters.